The molecule has 0 aliphatic carbocycles. The lowest BCUT2D eigenvalue weighted by Crippen LogP contribution is -2.19. The molecule has 102 valence electrons. The Kier molecular flexibility index (Phi) is 3.49. The Morgan fingerprint density at radius 3 is 2.37 bits per heavy atom. The van der Waals surface area contributed by atoms with E-state index in [-0.39, 0.29) is 15.4 Å². The lowest BCUT2D eigenvalue weighted by Gasteiger charge is -2.22. The fourth-order valence-electron chi connectivity index (χ4n) is 1.92. The van der Waals surface area contributed by atoms with Crippen molar-refractivity contribution in [3.05, 3.63) is 33.8 Å². The second-order valence-corrected chi connectivity index (χ2v) is 6.12. The first kappa shape index (κ1) is 14.1. The maximum Gasteiger partial charge on any atom is 0.152 e. The van der Waals surface area contributed by atoms with Crippen LogP contribution in [-0.4, -0.2) is 4.98 Å². The first-order chi connectivity index (χ1) is 8.75. The molecule has 19 heavy (non-hydrogen) atoms. The van der Waals surface area contributed by atoms with Gasteiger partial charge < -0.3 is 5.43 Å². The zero-order valence-electron chi connectivity index (χ0n) is 10.8. The van der Waals surface area contributed by atoms with Crippen molar-refractivity contribution in [1.82, 2.24) is 4.98 Å². The van der Waals surface area contributed by atoms with Crippen LogP contribution in [0, 0.1) is 11.6 Å². The van der Waals surface area contributed by atoms with Crippen LogP contribution < -0.4 is 11.3 Å². The van der Waals surface area contributed by atoms with Gasteiger partial charge in [-0.2, -0.15) is 0 Å². The third-order valence-corrected chi connectivity index (χ3v) is 3.70. The number of anilines is 1. The summed E-state index contributed by atoms with van der Waals surface area (Å²) in [6.07, 6.45) is 0. The third kappa shape index (κ3) is 2.42. The van der Waals surface area contributed by atoms with Crippen LogP contribution in [0.3, 0.4) is 0 Å². The molecule has 0 aliphatic rings. The SMILES string of the molecule is CC(C)(C)c1cc2c(Br)c(F)cc(F)c2nc1NN. The summed E-state index contributed by atoms with van der Waals surface area (Å²) in [5.41, 5.74) is 3.07. The van der Waals surface area contributed by atoms with Crippen molar-refractivity contribution < 1.29 is 8.78 Å². The van der Waals surface area contributed by atoms with E-state index in [4.69, 9.17) is 5.84 Å². The van der Waals surface area contributed by atoms with Crippen molar-refractivity contribution in [2.24, 2.45) is 5.84 Å². The van der Waals surface area contributed by atoms with Gasteiger partial charge in [0.05, 0.1) is 4.47 Å². The molecule has 0 amide bonds. The van der Waals surface area contributed by atoms with E-state index in [1.165, 1.54) is 0 Å². The Bertz CT molecular complexity index is 651. The average molecular weight is 330 g/mol. The smallest absolute Gasteiger partial charge is 0.152 e. The molecule has 0 atom stereocenters. The predicted octanol–water partition coefficient (Wildman–Crippen LogP) is 3.86. The number of hydrazine groups is 1. The van der Waals surface area contributed by atoms with Gasteiger partial charge in [0.25, 0.3) is 0 Å². The van der Waals surface area contributed by atoms with Crippen molar-refractivity contribution in [2.75, 3.05) is 5.43 Å². The Labute approximate surface area is 118 Å². The highest BCUT2D eigenvalue weighted by Crippen LogP contribution is 2.35. The number of hydrogen-bond acceptors (Lipinski definition) is 3. The van der Waals surface area contributed by atoms with Crippen molar-refractivity contribution in [1.29, 1.82) is 0 Å². The van der Waals surface area contributed by atoms with Crippen LogP contribution in [0.25, 0.3) is 10.9 Å². The highest BCUT2D eigenvalue weighted by molar-refractivity contribution is 9.10. The van der Waals surface area contributed by atoms with Crippen LogP contribution in [0.2, 0.25) is 0 Å². The number of benzene rings is 1. The number of rotatable bonds is 1. The molecule has 1 heterocycles. The molecule has 2 rings (SSSR count). The molecule has 0 radical (unpaired) electrons. The number of nitrogens with two attached hydrogens (primary N) is 1. The van der Waals surface area contributed by atoms with E-state index in [0.717, 1.165) is 11.6 Å². The highest BCUT2D eigenvalue weighted by atomic mass is 79.9. The van der Waals surface area contributed by atoms with Gasteiger partial charge in [-0.1, -0.05) is 20.8 Å². The van der Waals surface area contributed by atoms with E-state index in [9.17, 15) is 8.78 Å². The van der Waals surface area contributed by atoms with Gasteiger partial charge in [0.15, 0.2) is 5.82 Å². The van der Waals surface area contributed by atoms with Crippen LogP contribution in [0.1, 0.15) is 26.3 Å². The van der Waals surface area contributed by atoms with Gasteiger partial charge in [-0.05, 0) is 27.4 Å². The van der Waals surface area contributed by atoms with E-state index >= 15 is 0 Å². The monoisotopic (exact) mass is 329 g/mol. The summed E-state index contributed by atoms with van der Waals surface area (Å²) >= 11 is 3.13. The summed E-state index contributed by atoms with van der Waals surface area (Å²) in [7, 11) is 0. The molecule has 2 aromatic rings. The van der Waals surface area contributed by atoms with Gasteiger partial charge in [0, 0.05) is 17.0 Å². The topological polar surface area (TPSA) is 50.9 Å². The normalized spacial score (nSPS) is 11.9. The second kappa shape index (κ2) is 4.68. The molecular weight excluding hydrogens is 316 g/mol. The number of halogens is 3. The molecule has 0 spiro atoms. The summed E-state index contributed by atoms with van der Waals surface area (Å²) in [6.45, 7) is 5.92. The van der Waals surface area contributed by atoms with E-state index < -0.39 is 11.6 Å². The van der Waals surface area contributed by atoms with Crippen LogP contribution >= 0.6 is 15.9 Å². The standard InChI is InChI=1S/C13H14BrF2N3/c1-13(2,3)7-4-6-10(14)8(15)5-9(16)11(6)18-12(7)19-17/h4-5H,17H2,1-3H3,(H,18,19). The number of nitrogens with zero attached hydrogens (tertiary/aromatic N) is 1. The Morgan fingerprint density at radius 1 is 1.21 bits per heavy atom. The number of pyridine rings is 1. The zero-order valence-corrected chi connectivity index (χ0v) is 12.4. The van der Waals surface area contributed by atoms with Gasteiger partial charge in [0.1, 0.15) is 17.2 Å². The average Bonchev–Trinajstić information content (AvgIpc) is 2.33. The zero-order chi connectivity index (χ0) is 14.4. The molecule has 3 N–H and O–H groups in total. The maximum atomic E-state index is 13.8. The molecule has 1 aromatic carbocycles. The number of fused-ring (bicyclic) bond motifs is 1. The van der Waals surface area contributed by atoms with Gasteiger partial charge in [-0.3, -0.25) is 0 Å². The minimum absolute atomic E-state index is 0.0780. The number of hydrogen-bond donors (Lipinski definition) is 2. The van der Waals surface area contributed by atoms with E-state index in [2.05, 4.69) is 26.3 Å². The van der Waals surface area contributed by atoms with Gasteiger partial charge >= 0.3 is 0 Å². The summed E-state index contributed by atoms with van der Waals surface area (Å²) in [5.74, 6) is 4.45. The molecule has 1 aromatic heterocycles. The third-order valence-electron chi connectivity index (χ3n) is 2.89. The minimum atomic E-state index is -0.715. The highest BCUT2D eigenvalue weighted by Gasteiger charge is 2.22. The molecule has 0 bridgehead atoms. The van der Waals surface area contributed by atoms with E-state index in [0.29, 0.717) is 11.2 Å². The number of nitrogen functional groups attached to an aromatic ring is 1. The largest absolute Gasteiger partial charge is 0.308 e. The Hall–Kier alpha value is -1.27. The van der Waals surface area contributed by atoms with E-state index in [1.807, 2.05) is 20.8 Å². The molecular formula is C13H14BrF2N3. The fraction of sp³-hybridized carbons (Fsp3) is 0.308. The predicted molar refractivity (Wildman–Crippen MR) is 75.9 cm³/mol. The molecule has 0 saturated heterocycles. The van der Waals surface area contributed by atoms with Crippen molar-refractivity contribution >= 4 is 32.7 Å². The van der Waals surface area contributed by atoms with Crippen molar-refractivity contribution in [2.45, 2.75) is 26.2 Å². The first-order valence-corrected chi connectivity index (χ1v) is 6.50. The van der Waals surface area contributed by atoms with Crippen LogP contribution in [0.4, 0.5) is 14.6 Å². The first-order valence-electron chi connectivity index (χ1n) is 5.71. The van der Waals surface area contributed by atoms with Crippen LogP contribution in [0.15, 0.2) is 16.6 Å². The summed E-state index contributed by atoms with van der Waals surface area (Å²) < 4.78 is 27.5. The lowest BCUT2D eigenvalue weighted by molar-refractivity contribution is 0.581. The van der Waals surface area contributed by atoms with Crippen molar-refractivity contribution in [3.8, 4) is 0 Å². The van der Waals surface area contributed by atoms with Crippen LogP contribution in [-0.2, 0) is 5.41 Å². The molecule has 0 saturated carbocycles. The quantitative estimate of drug-likeness (QED) is 0.474. The van der Waals surface area contributed by atoms with Crippen LogP contribution in [0.5, 0.6) is 0 Å². The Balaban J connectivity index is 2.90. The fourth-order valence-corrected chi connectivity index (χ4v) is 2.33. The van der Waals surface area contributed by atoms with Gasteiger partial charge in [-0.25, -0.2) is 19.6 Å². The summed E-state index contributed by atoms with van der Waals surface area (Å²) in [5, 5.41) is 0.390. The maximum absolute atomic E-state index is 13.8. The second-order valence-electron chi connectivity index (χ2n) is 5.33. The minimum Gasteiger partial charge on any atom is -0.308 e. The lowest BCUT2D eigenvalue weighted by atomic mass is 9.86. The molecule has 0 aliphatic heterocycles. The van der Waals surface area contributed by atoms with E-state index in [1.54, 1.807) is 6.07 Å². The van der Waals surface area contributed by atoms with Gasteiger partial charge in [0.2, 0.25) is 0 Å². The molecule has 6 heteroatoms. The summed E-state index contributed by atoms with van der Waals surface area (Å²) in [4.78, 5) is 4.15. The molecule has 0 fully saturated rings. The number of nitrogens with one attached hydrogen (secondary N) is 1. The Morgan fingerprint density at radius 2 is 1.84 bits per heavy atom. The number of aromatic nitrogens is 1. The summed E-state index contributed by atoms with van der Waals surface area (Å²) in [6, 6.07) is 2.50. The molecule has 3 nitrogen and oxygen atoms in total. The van der Waals surface area contributed by atoms with Gasteiger partial charge in [-0.15, -0.1) is 0 Å². The molecule has 0 unspecified atom stereocenters. The van der Waals surface area contributed by atoms with Crippen molar-refractivity contribution in [3.63, 3.8) is 0 Å².